The van der Waals surface area contributed by atoms with Crippen LogP contribution in [-0.4, -0.2) is 98.3 Å². The third-order valence-corrected chi connectivity index (χ3v) is 8.80. The van der Waals surface area contributed by atoms with Crippen LogP contribution in [0.1, 0.15) is 103 Å². The van der Waals surface area contributed by atoms with Crippen molar-refractivity contribution in [2.45, 2.75) is 146 Å². The molecule has 14 heteroatoms. The maximum absolute atomic E-state index is 12.7. The van der Waals surface area contributed by atoms with Crippen molar-refractivity contribution in [2.75, 3.05) is 13.2 Å². The first-order valence-corrected chi connectivity index (χ1v) is 18.9. The molecule has 49 heavy (non-hydrogen) atoms. The van der Waals surface area contributed by atoms with Gasteiger partial charge < -0.3 is 39.9 Å². The van der Waals surface area contributed by atoms with Gasteiger partial charge in [-0.1, -0.05) is 94.4 Å². The lowest BCUT2D eigenvalue weighted by molar-refractivity contribution is -0.220. The van der Waals surface area contributed by atoms with Gasteiger partial charge in [-0.2, -0.15) is 0 Å². The molecule has 13 nitrogen and oxygen atoms in total. The van der Waals surface area contributed by atoms with Crippen LogP contribution in [-0.2, 0) is 32.7 Å². The number of phosphoric acid groups is 1. The predicted molar refractivity (Wildman–Crippen MR) is 184 cm³/mol. The van der Waals surface area contributed by atoms with E-state index in [2.05, 4.69) is 25.7 Å². The lowest BCUT2D eigenvalue weighted by Gasteiger charge is -2.41. The quantitative estimate of drug-likeness (QED) is 0.0300. The van der Waals surface area contributed by atoms with E-state index in [4.69, 9.17) is 18.5 Å². The smallest absolute Gasteiger partial charge is 0.462 e. The molecule has 282 valence electrons. The summed E-state index contributed by atoms with van der Waals surface area (Å²) in [5, 5.41) is 49.7. The summed E-state index contributed by atoms with van der Waals surface area (Å²) in [6, 6.07) is 0. The topological polar surface area (TPSA) is 210 Å². The van der Waals surface area contributed by atoms with Gasteiger partial charge in [-0.05, 0) is 38.5 Å². The summed E-state index contributed by atoms with van der Waals surface area (Å²) in [6.45, 7) is 4.60. The van der Waals surface area contributed by atoms with Crippen molar-refractivity contribution >= 4 is 19.8 Å². The summed E-state index contributed by atoms with van der Waals surface area (Å²) in [4.78, 5) is 35.2. The van der Waals surface area contributed by atoms with Crippen molar-refractivity contribution in [1.29, 1.82) is 0 Å². The first kappa shape index (κ1) is 44.8. The molecule has 8 atom stereocenters. The number of aliphatic hydroxyl groups excluding tert-OH is 5. The molecular formula is C35H59O13P. The molecule has 3 unspecified atom stereocenters. The second kappa shape index (κ2) is 26.6. The molecule has 0 heterocycles. The van der Waals surface area contributed by atoms with E-state index in [0.717, 1.165) is 44.9 Å². The SMILES string of the molecule is C=CC/C=C\C/C=C/C/C=C\CCCC(=O)O[C@H](COC(=O)CCCCCCCCCC)COP(=O)(O)OC1[C@H](O)[C@H](O)C(O)[C@H](O)[C@H]1O. The average molecular weight is 719 g/mol. The van der Waals surface area contributed by atoms with E-state index in [9.17, 15) is 44.6 Å². The lowest BCUT2D eigenvalue weighted by atomic mass is 9.85. The Kier molecular flexibility index (Phi) is 24.3. The number of esters is 2. The summed E-state index contributed by atoms with van der Waals surface area (Å²) < 4.78 is 33.1. The van der Waals surface area contributed by atoms with Gasteiger partial charge >= 0.3 is 19.8 Å². The molecule has 1 fully saturated rings. The zero-order valence-corrected chi connectivity index (χ0v) is 29.7. The highest BCUT2D eigenvalue weighted by molar-refractivity contribution is 7.47. The van der Waals surface area contributed by atoms with Gasteiger partial charge in [0, 0.05) is 12.8 Å². The molecule has 1 rings (SSSR count). The van der Waals surface area contributed by atoms with Crippen molar-refractivity contribution in [3.05, 3.63) is 49.1 Å². The highest BCUT2D eigenvalue weighted by Gasteiger charge is 2.51. The van der Waals surface area contributed by atoms with Crippen LogP contribution >= 0.6 is 7.82 Å². The molecule has 0 saturated heterocycles. The van der Waals surface area contributed by atoms with E-state index in [0.29, 0.717) is 19.3 Å². The summed E-state index contributed by atoms with van der Waals surface area (Å²) in [5.74, 6) is -1.18. The summed E-state index contributed by atoms with van der Waals surface area (Å²) in [5.41, 5.74) is 0. The number of rotatable bonds is 27. The average Bonchev–Trinajstić information content (AvgIpc) is 3.07. The fourth-order valence-electron chi connectivity index (χ4n) is 4.92. The van der Waals surface area contributed by atoms with Gasteiger partial charge in [0.1, 0.15) is 43.2 Å². The number of ether oxygens (including phenoxy) is 2. The predicted octanol–water partition coefficient (Wildman–Crippen LogP) is 4.49. The largest absolute Gasteiger partial charge is 0.472 e. The fraction of sp³-hybridized carbons (Fsp3) is 0.714. The molecule has 0 aliphatic heterocycles. The molecule has 0 aromatic carbocycles. The van der Waals surface area contributed by atoms with Crippen LogP contribution < -0.4 is 0 Å². The van der Waals surface area contributed by atoms with E-state index < -0.39 is 75.7 Å². The van der Waals surface area contributed by atoms with Gasteiger partial charge in [0.15, 0.2) is 6.10 Å². The minimum atomic E-state index is -5.12. The first-order valence-electron chi connectivity index (χ1n) is 17.4. The second-order valence-corrected chi connectivity index (χ2v) is 13.5. The molecular weight excluding hydrogens is 659 g/mol. The van der Waals surface area contributed by atoms with E-state index >= 15 is 0 Å². The van der Waals surface area contributed by atoms with Gasteiger partial charge in [-0.15, -0.1) is 6.58 Å². The summed E-state index contributed by atoms with van der Waals surface area (Å²) in [7, 11) is -5.12. The molecule has 0 amide bonds. The Morgan fingerprint density at radius 3 is 1.80 bits per heavy atom. The molecule has 0 radical (unpaired) electrons. The number of allylic oxidation sites excluding steroid dienone is 7. The van der Waals surface area contributed by atoms with Crippen molar-refractivity contribution in [3.8, 4) is 0 Å². The number of hydrogen-bond donors (Lipinski definition) is 6. The monoisotopic (exact) mass is 718 g/mol. The standard InChI is InChI=1S/C35H59O13P/c1-3-5-7-9-11-13-14-15-16-18-20-22-24-29(37)47-27(25-45-28(36)23-21-19-17-12-10-8-6-4-2)26-46-49(43,44)48-35-33(41)31(39)30(38)32(40)34(35)42/h3,7,9,13-14,16,18,27,30-35,38-42H,1,4-6,8,10-12,15,17,19-26H2,2H3,(H,43,44)/b9-7-,14-13+,18-16-/t27-,30?,31-,32+,33-,34-,35?/m1/s1. The molecule has 0 bridgehead atoms. The molecule has 6 N–H and O–H groups in total. The number of hydrogen-bond acceptors (Lipinski definition) is 12. The highest BCUT2D eigenvalue weighted by atomic mass is 31.2. The zero-order chi connectivity index (χ0) is 36.5. The Morgan fingerprint density at radius 1 is 0.694 bits per heavy atom. The van der Waals surface area contributed by atoms with Crippen molar-refractivity contribution < 1.29 is 63.1 Å². The molecule has 0 aromatic heterocycles. The van der Waals surface area contributed by atoms with Gasteiger partial charge in [0.2, 0.25) is 0 Å². The lowest BCUT2D eigenvalue weighted by Crippen LogP contribution is -2.64. The number of carbonyl (C=O) groups is 2. The number of unbranched alkanes of at least 4 members (excludes halogenated alkanes) is 8. The Hall–Kier alpha value is -2.19. The number of phosphoric ester groups is 1. The van der Waals surface area contributed by atoms with Gasteiger partial charge in [-0.3, -0.25) is 18.6 Å². The van der Waals surface area contributed by atoms with Crippen LogP contribution in [0, 0.1) is 0 Å². The van der Waals surface area contributed by atoms with Gasteiger partial charge in [-0.25, -0.2) is 4.57 Å². The summed E-state index contributed by atoms with van der Waals surface area (Å²) >= 11 is 0. The van der Waals surface area contributed by atoms with Crippen LogP contribution in [0.15, 0.2) is 49.1 Å². The zero-order valence-electron chi connectivity index (χ0n) is 28.8. The first-order chi connectivity index (χ1) is 23.4. The van der Waals surface area contributed by atoms with E-state index in [1.54, 1.807) is 0 Å². The Morgan fingerprint density at radius 2 is 1.20 bits per heavy atom. The van der Waals surface area contributed by atoms with Gasteiger partial charge in [0.05, 0.1) is 6.61 Å². The van der Waals surface area contributed by atoms with E-state index in [1.165, 1.54) is 19.3 Å². The fourth-order valence-corrected chi connectivity index (χ4v) is 5.89. The highest BCUT2D eigenvalue weighted by Crippen LogP contribution is 2.47. The Labute approximate surface area is 290 Å². The molecule has 1 aliphatic rings. The minimum Gasteiger partial charge on any atom is -0.462 e. The van der Waals surface area contributed by atoms with Crippen LogP contribution in [0.5, 0.6) is 0 Å². The third-order valence-electron chi connectivity index (χ3n) is 7.81. The van der Waals surface area contributed by atoms with Crippen molar-refractivity contribution in [2.24, 2.45) is 0 Å². The minimum absolute atomic E-state index is 0.0167. The maximum Gasteiger partial charge on any atom is 0.472 e. The third kappa shape index (κ3) is 20.3. The maximum atomic E-state index is 12.7. The molecule has 0 spiro atoms. The number of carbonyl (C=O) groups excluding carboxylic acids is 2. The van der Waals surface area contributed by atoms with Crippen LogP contribution in [0.2, 0.25) is 0 Å². The molecule has 1 saturated carbocycles. The van der Waals surface area contributed by atoms with Crippen LogP contribution in [0.25, 0.3) is 0 Å². The van der Waals surface area contributed by atoms with E-state index in [-0.39, 0.29) is 12.8 Å². The van der Waals surface area contributed by atoms with Crippen molar-refractivity contribution in [1.82, 2.24) is 0 Å². The summed E-state index contributed by atoms with van der Waals surface area (Å²) in [6.07, 6.45) is 12.7. The van der Waals surface area contributed by atoms with Gasteiger partial charge in [0.25, 0.3) is 0 Å². The van der Waals surface area contributed by atoms with Crippen LogP contribution in [0.4, 0.5) is 0 Å². The normalized spacial score (nSPS) is 24.7. The number of aliphatic hydroxyl groups is 5. The van der Waals surface area contributed by atoms with Crippen molar-refractivity contribution in [3.63, 3.8) is 0 Å². The molecule has 1 aliphatic carbocycles. The Balaban J connectivity index is 2.64. The van der Waals surface area contributed by atoms with E-state index in [1.807, 2.05) is 30.4 Å². The Bertz CT molecular complexity index is 1050. The van der Waals surface area contributed by atoms with Crippen LogP contribution in [0.3, 0.4) is 0 Å². The molecule has 0 aromatic rings. The second-order valence-electron chi connectivity index (χ2n) is 12.1.